The molecule has 8 heteroatoms. The van der Waals surface area contributed by atoms with Gasteiger partial charge in [0.2, 0.25) is 11.1 Å². The Hall–Kier alpha value is -1.15. The molecule has 2 N–H and O–H groups in total. The number of hydrogen-bond acceptors (Lipinski definition) is 6. The van der Waals surface area contributed by atoms with Gasteiger partial charge in [0.15, 0.2) is 0 Å². The van der Waals surface area contributed by atoms with Gasteiger partial charge in [-0.05, 0) is 30.7 Å². The number of thioether (sulfide) groups is 1. The number of hydrogen-bond donors (Lipinski definition) is 1. The lowest BCUT2D eigenvalue weighted by atomic mass is 10.3. The molecule has 0 aliphatic rings. The fourth-order valence-electron chi connectivity index (χ4n) is 1.68. The van der Waals surface area contributed by atoms with Gasteiger partial charge in [-0.1, -0.05) is 11.8 Å². The van der Waals surface area contributed by atoms with Crippen molar-refractivity contribution in [3.8, 4) is 0 Å². The summed E-state index contributed by atoms with van der Waals surface area (Å²) in [6.07, 6.45) is 1.41. The van der Waals surface area contributed by atoms with Crippen LogP contribution in [0.4, 0.5) is 0 Å². The largest absolute Gasteiger partial charge is 0.343 e. The van der Waals surface area contributed by atoms with E-state index in [-0.39, 0.29) is 5.91 Å². The van der Waals surface area contributed by atoms with Gasteiger partial charge in [0.05, 0.1) is 6.54 Å². The fourth-order valence-corrected chi connectivity index (χ4v) is 2.53. The first kappa shape index (κ1) is 15.9. The summed E-state index contributed by atoms with van der Waals surface area (Å²) in [5, 5.41) is 12.2. The Labute approximate surface area is 117 Å². The molecule has 1 amide bonds. The molecule has 0 atom stereocenters. The average Bonchev–Trinajstić information content (AvgIpc) is 2.84. The van der Waals surface area contributed by atoms with E-state index < -0.39 is 0 Å². The Bertz CT molecular complexity index is 379. The van der Waals surface area contributed by atoms with E-state index >= 15 is 0 Å². The number of nitrogens with two attached hydrogens (primary N) is 1. The highest BCUT2D eigenvalue weighted by molar-refractivity contribution is 7.99. The molecule has 0 aliphatic heterocycles. The highest BCUT2D eigenvalue weighted by atomic mass is 32.2. The average molecular weight is 286 g/mol. The van der Waals surface area contributed by atoms with Crippen LogP contribution in [0.2, 0.25) is 0 Å². The minimum Gasteiger partial charge on any atom is -0.343 e. The van der Waals surface area contributed by atoms with E-state index in [1.807, 2.05) is 18.7 Å². The van der Waals surface area contributed by atoms with Crippen molar-refractivity contribution in [3.05, 3.63) is 0 Å². The van der Waals surface area contributed by atoms with Crippen molar-refractivity contribution >= 4 is 17.7 Å². The predicted octanol–water partition coefficient (Wildman–Crippen LogP) is 0.373. The van der Waals surface area contributed by atoms with Crippen LogP contribution in [0.3, 0.4) is 0 Å². The van der Waals surface area contributed by atoms with Gasteiger partial charge in [-0.15, -0.1) is 5.10 Å². The first-order valence-electron chi connectivity index (χ1n) is 6.59. The van der Waals surface area contributed by atoms with Crippen molar-refractivity contribution in [2.45, 2.75) is 38.4 Å². The molecule has 108 valence electrons. The first-order valence-corrected chi connectivity index (χ1v) is 7.58. The van der Waals surface area contributed by atoms with Crippen LogP contribution in [0, 0.1) is 0 Å². The third kappa shape index (κ3) is 5.15. The predicted molar refractivity (Wildman–Crippen MR) is 74.8 cm³/mol. The topological polar surface area (TPSA) is 89.9 Å². The second-order valence-corrected chi connectivity index (χ2v) is 5.05. The number of carbonyl (C=O) groups excluding carboxylic acids is 1. The van der Waals surface area contributed by atoms with Gasteiger partial charge in [-0.2, -0.15) is 0 Å². The maximum atomic E-state index is 11.8. The number of carbonyl (C=O) groups is 1. The summed E-state index contributed by atoms with van der Waals surface area (Å²) in [7, 11) is 0. The van der Waals surface area contributed by atoms with Crippen molar-refractivity contribution in [1.82, 2.24) is 25.1 Å². The van der Waals surface area contributed by atoms with Crippen LogP contribution in [0.1, 0.15) is 26.7 Å². The van der Waals surface area contributed by atoms with E-state index in [1.54, 1.807) is 16.4 Å². The molecule has 0 saturated carbocycles. The summed E-state index contributed by atoms with van der Waals surface area (Å²) in [5.74, 6) is 1.05. The SMILES string of the molecule is CCN(CC)C(=O)CCCSc1nnnn1CCN. The zero-order valence-corrected chi connectivity index (χ0v) is 12.4. The lowest BCUT2D eigenvalue weighted by molar-refractivity contribution is -0.130. The van der Waals surface area contributed by atoms with Gasteiger partial charge in [-0.25, -0.2) is 4.68 Å². The molecule has 19 heavy (non-hydrogen) atoms. The fraction of sp³-hybridized carbons (Fsp3) is 0.818. The first-order chi connectivity index (χ1) is 9.22. The molecule has 0 saturated heterocycles. The summed E-state index contributed by atoms with van der Waals surface area (Å²) in [6, 6.07) is 0. The van der Waals surface area contributed by atoms with Crippen LogP contribution >= 0.6 is 11.8 Å². The van der Waals surface area contributed by atoms with Gasteiger partial charge in [-0.3, -0.25) is 4.79 Å². The third-order valence-corrected chi connectivity index (χ3v) is 3.77. The Balaban J connectivity index is 2.27. The molecular formula is C11H22N6OS. The van der Waals surface area contributed by atoms with Crippen molar-refractivity contribution in [1.29, 1.82) is 0 Å². The van der Waals surface area contributed by atoms with E-state index in [4.69, 9.17) is 5.73 Å². The van der Waals surface area contributed by atoms with Crippen molar-refractivity contribution < 1.29 is 4.79 Å². The molecule has 1 aromatic rings. The highest BCUT2D eigenvalue weighted by Crippen LogP contribution is 2.15. The van der Waals surface area contributed by atoms with Gasteiger partial charge in [0.25, 0.3) is 0 Å². The molecular weight excluding hydrogens is 264 g/mol. The number of amides is 1. The Morgan fingerprint density at radius 2 is 2.16 bits per heavy atom. The Kier molecular flexibility index (Phi) is 7.42. The maximum Gasteiger partial charge on any atom is 0.222 e. The molecule has 1 aromatic heterocycles. The van der Waals surface area contributed by atoms with E-state index in [9.17, 15) is 4.79 Å². The number of nitrogens with zero attached hydrogens (tertiary/aromatic N) is 5. The summed E-state index contributed by atoms with van der Waals surface area (Å²) < 4.78 is 1.69. The second kappa shape index (κ2) is 8.87. The zero-order chi connectivity index (χ0) is 14.1. The van der Waals surface area contributed by atoms with Gasteiger partial charge >= 0.3 is 0 Å². The van der Waals surface area contributed by atoms with Crippen LogP contribution in [-0.2, 0) is 11.3 Å². The Morgan fingerprint density at radius 3 is 2.79 bits per heavy atom. The van der Waals surface area contributed by atoms with E-state index in [2.05, 4.69) is 15.5 Å². The van der Waals surface area contributed by atoms with Gasteiger partial charge in [0, 0.05) is 31.8 Å². The summed E-state index contributed by atoms with van der Waals surface area (Å²) >= 11 is 1.56. The lowest BCUT2D eigenvalue weighted by Crippen LogP contribution is -2.30. The molecule has 0 aliphatic carbocycles. The molecule has 7 nitrogen and oxygen atoms in total. The van der Waals surface area contributed by atoms with E-state index in [1.165, 1.54) is 0 Å². The number of rotatable bonds is 9. The molecule has 0 fully saturated rings. The van der Waals surface area contributed by atoms with Crippen LogP contribution in [0.15, 0.2) is 5.16 Å². The molecule has 0 aromatic carbocycles. The van der Waals surface area contributed by atoms with Gasteiger partial charge < -0.3 is 10.6 Å². The minimum absolute atomic E-state index is 0.215. The van der Waals surface area contributed by atoms with E-state index in [0.29, 0.717) is 19.5 Å². The van der Waals surface area contributed by atoms with Crippen molar-refractivity contribution in [3.63, 3.8) is 0 Å². The van der Waals surface area contributed by atoms with Crippen molar-refractivity contribution in [2.75, 3.05) is 25.4 Å². The summed E-state index contributed by atoms with van der Waals surface area (Å²) in [6.45, 7) is 6.68. The standard InChI is InChI=1S/C11H22N6OS/c1-3-16(4-2)10(18)6-5-9-19-11-13-14-15-17(11)8-7-12/h3-9,12H2,1-2H3. The van der Waals surface area contributed by atoms with Crippen LogP contribution < -0.4 is 5.73 Å². The molecule has 1 rings (SSSR count). The second-order valence-electron chi connectivity index (χ2n) is 3.99. The Morgan fingerprint density at radius 1 is 1.42 bits per heavy atom. The monoisotopic (exact) mass is 286 g/mol. The molecule has 0 unspecified atom stereocenters. The summed E-state index contributed by atoms with van der Waals surface area (Å²) in [5.41, 5.74) is 5.47. The zero-order valence-electron chi connectivity index (χ0n) is 11.6. The number of aromatic nitrogens is 4. The van der Waals surface area contributed by atoms with E-state index in [0.717, 1.165) is 30.4 Å². The van der Waals surface area contributed by atoms with Crippen LogP contribution in [0.5, 0.6) is 0 Å². The van der Waals surface area contributed by atoms with Crippen molar-refractivity contribution in [2.24, 2.45) is 5.73 Å². The van der Waals surface area contributed by atoms with Crippen LogP contribution in [-0.4, -0.2) is 56.4 Å². The normalized spacial score (nSPS) is 10.7. The maximum absolute atomic E-state index is 11.8. The number of tetrazole rings is 1. The molecule has 0 bridgehead atoms. The smallest absolute Gasteiger partial charge is 0.222 e. The molecule has 1 heterocycles. The lowest BCUT2D eigenvalue weighted by Gasteiger charge is -2.18. The van der Waals surface area contributed by atoms with Gasteiger partial charge in [0.1, 0.15) is 0 Å². The summed E-state index contributed by atoms with van der Waals surface area (Å²) in [4.78, 5) is 13.6. The third-order valence-electron chi connectivity index (χ3n) is 2.72. The highest BCUT2D eigenvalue weighted by Gasteiger charge is 2.10. The quantitative estimate of drug-likeness (QED) is 0.521. The molecule has 0 radical (unpaired) electrons. The minimum atomic E-state index is 0.215. The van der Waals surface area contributed by atoms with Crippen LogP contribution in [0.25, 0.3) is 0 Å². The molecule has 0 spiro atoms.